The maximum atomic E-state index is 5.77. The maximum absolute atomic E-state index is 5.77. The zero-order valence-electron chi connectivity index (χ0n) is 34.3. The topological polar surface area (TPSA) is 113 Å². The van der Waals surface area contributed by atoms with Crippen LogP contribution in [0.1, 0.15) is 22.8 Å². The Kier molecular flexibility index (Phi) is 10.6. The van der Waals surface area contributed by atoms with Crippen molar-refractivity contribution in [2.45, 2.75) is 0 Å². The smallest absolute Gasteiger partial charge is 0.123 e. The van der Waals surface area contributed by atoms with Crippen molar-refractivity contribution in [1.29, 1.82) is 0 Å². The molecule has 0 fully saturated rings. The third kappa shape index (κ3) is 7.49. The van der Waals surface area contributed by atoms with Gasteiger partial charge in [-0.25, -0.2) is 9.97 Å². The molecule has 0 saturated carbocycles. The summed E-state index contributed by atoms with van der Waals surface area (Å²) in [5.74, 6) is 3.89. The highest BCUT2D eigenvalue weighted by Crippen LogP contribution is 2.42. The average molecular weight is 874 g/mol. The molecule has 2 aliphatic heterocycles. The molecule has 0 radical (unpaired) electrons. The number of benzene rings is 4. The lowest BCUT2D eigenvalue weighted by atomic mass is 10.0. The Morgan fingerprint density at radius 1 is 0.344 bits per heavy atom. The van der Waals surface area contributed by atoms with Gasteiger partial charge in [-0.15, -0.1) is 0 Å². The SMILES string of the molecule is COc1cc(OC)cc(-c2c3nc(c(-c4cc(OC)cc(OC)c4)c4ccc([nH]4)c(-c4cc(OC)cc(OC)c4)c4nc(c(-c5ccc(Br)cc5)c5ccc2[nH]5)C=C4)C=C3)c1. The van der Waals surface area contributed by atoms with E-state index in [4.69, 9.17) is 38.4 Å². The number of rotatable bonds is 10. The van der Waals surface area contributed by atoms with Gasteiger partial charge in [0.05, 0.1) is 65.4 Å². The highest BCUT2D eigenvalue weighted by Gasteiger charge is 2.21. The standard InChI is InChI=1S/C50H41BrN4O6/c1-56-33-19-29(20-34(25-33)57-2)48-41-13-11-39(52-41)47(28-7-9-32(51)10-8-28)40-12-14-42(53-40)49(30-21-35(58-3)26-36(22-30)59-4)44-16-18-46(55-44)50(45-17-15-43(48)54-45)31-23-37(60-5)27-38(24-31)61-6/h7-27,52,55H,1-6H3. The van der Waals surface area contributed by atoms with Crippen LogP contribution in [0.25, 0.3) is 90.9 Å². The molecule has 8 bridgehead atoms. The molecule has 5 heterocycles. The van der Waals surface area contributed by atoms with Crippen LogP contribution in [0.5, 0.6) is 34.5 Å². The molecular weight excluding hydrogens is 832 g/mol. The Hall–Kier alpha value is -7.24. The second-order valence-corrected chi connectivity index (χ2v) is 15.2. The molecule has 0 saturated heterocycles. The van der Waals surface area contributed by atoms with Gasteiger partial charge < -0.3 is 38.4 Å². The molecule has 3 aromatic heterocycles. The van der Waals surface area contributed by atoms with E-state index in [2.05, 4.69) is 74.4 Å². The van der Waals surface area contributed by atoms with Crippen LogP contribution in [0, 0.1) is 0 Å². The van der Waals surface area contributed by atoms with E-state index >= 15 is 0 Å². The van der Waals surface area contributed by atoms with Crippen molar-refractivity contribution >= 4 is 62.3 Å². The zero-order chi connectivity index (χ0) is 42.2. The molecule has 4 aromatic carbocycles. The molecule has 2 N–H and O–H groups in total. The molecular formula is C50H41BrN4O6. The minimum atomic E-state index is 0.643. The Morgan fingerprint density at radius 2 is 0.607 bits per heavy atom. The van der Waals surface area contributed by atoms with E-state index in [0.29, 0.717) is 34.5 Å². The van der Waals surface area contributed by atoms with Gasteiger partial charge in [0.2, 0.25) is 0 Å². The van der Waals surface area contributed by atoms with Crippen LogP contribution in [-0.2, 0) is 0 Å². The van der Waals surface area contributed by atoms with Crippen molar-refractivity contribution in [1.82, 2.24) is 19.9 Å². The number of ether oxygens (including phenoxy) is 6. The van der Waals surface area contributed by atoms with E-state index in [0.717, 1.165) is 93.8 Å². The van der Waals surface area contributed by atoms with Crippen LogP contribution in [0.4, 0.5) is 0 Å². The maximum Gasteiger partial charge on any atom is 0.123 e. The molecule has 2 aliphatic rings. The molecule has 0 aliphatic carbocycles. The van der Waals surface area contributed by atoms with Crippen molar-refractivity contribution < 1.29 is 28.4 Å². The van der Waals surface area contributed by atoms with Crippen LogP contribution >= 0.6 is 15.9 Å². The highest BCUT2D eigenvalue weighted by atomic mass is 79.9. The third-order valence-electron chi connectivity index (χ3n) is 10.8. The number of hydrogen-bond acceptors (Lipinski definition) is 8. The molecule has 9 rings (SSSR count). The van der Waals surface area contributed by atoms with Gasteiger partial charge in [-0.05, 0) is 119 Å². The van der Waals surface area contributed by atoms with E-state index in [-0.39, 0.29) is 0 Å². The summed E-state index contributed by atoms with van der Waals surface area (Å²) in [6.45, 7) is 0. The van der Waals surface area contributed by atoms with E-state index in [1.807, 2.05) is 78.9 Å². The summed E-state index contributed by atoms with van der Waals surface area (Å²) < 4.78 is 35.6. The molecule has 0 spiro atoms. The van der Waals surface area contributed by atoms with Gasteiger partial charge in [0.1, 0.15) is 34.5 Å². The lowest BCUT2D eigenvalue weighted by Gasteiger charge is -2.11. The summed E-state index contributed by atoms with van der Waals surface area (Å²) in [7, 11) is 9.89. The second kappa shape index (κ2) is 16.4. The number of halogens is 1. The molecule has 0 atom stereocenters. The molecule has 304 valence electrons. The Balaban J connectivity index is 1.49. The van der Waals surface area contributed by atoms with Gasteiger partial charge in [0.25, 0.3) is 0 Å². The lowest BCUT2D eigenvalue weighted by Crippen LogP contribution is -1.93. The van der Waals surface area contributed by atoms with E-state index in [1.165, 1.54) is 0 Å². The van der Waals surface area contributed by atoms with E-state index in [9.17, 15) is 0 Å². The zero-order valence-corrected chi connectivity index (χ0v) is 35.9. The van der Waals surface area contributed by atoms with Crippen molar-refractivity contribution in [2.24, 2.45) is 0 Å². The van der Waals surface area contributed by atoms with Gasteiger partial charge in [-0.1, -0.05) is 28.1 Å². The Morgan fingerprint density at radius 3 is 0.869 bits per heavy atom. The lowest BCUT2D eigenvalue weighted by molar-refractivity contribution is 0.394. The number of hydrogen-bond donors (Lipinski definition) is 2. The van der Waals surface area contributed by atoms with Gasteiger partial charge in [-0.3, -0.25) is 0 Å². The van der Waals surface area contributed by atoms with Crippen LogP contribution < -0.4 is 28.4 Å². The molecule has 7 aromatic rings. The summed E-state index contributed by atoms with van der Waals surface area (Å²) in [6, 6.07) is 34.1. The Bertz CT molecular complexity index is 2950. The first-order chi connectivity index (χ1) is 29.8. The summed E-state index contributed by atoms with van der Waals surface area (Å²) in [6.07, 6.45) is 8.20. The first-order valence-corrected chi connectivity index (χ1v) is 20.2. The number of H-pyrrole nitrogens is 2. The van der Waals surface area contributed by atoms with Crippen LogP contribution in [0.15, 0.2) is 108 Å². The van der Waals surface area contributed by atoms with Crippen molar-refractivity contribution in [3.05, 3.63) is 130 Å². The summed E-state index contributed by atoms with van der Waals surface area (Å²) in [4.78, 5) is 18.4. The summed E-state index contributed by atoms with van der Waals surface area (Å²) >= 11 is 3.63. The van der Waals surface area contributed by atoms with E-state index in [1.54, 1.807) is 42.7 Å². The molecule has 0 amide bonds. The van der Waals surface area contributed by atoms with Gasteiger partial charge in [0.15, 0.2) is 0 Å². The fraction of sp³-hybridized carbons (Fsp3) is 0.120. The fourth-order valence-electron chi connectivity index (χ4n) is 7.89. The van der Waals surface area contributed by atoms with Crippen molar-refractivity contribution in [2.75, 3.05) is 42.7 Å². The number of aromatic nitrogens is 4. The third-order valence-corrected chi connectivity index (χ3v) is 11.3. The van der Waals surface area contributed by atoms with Gasteiger partial charge in [-0.2, -0.15) is 0 Å². The monoisotopic (exact) mass is 872 g/mol. The summed E-state index contributed by atoms with van der Waals surface area (Å²) in [5.41, 5.74) is 13.3. The van der Waals surface area contributed by atoms with Crippen LogP contribution in [-0.4, -0.2) is 62.6 Å². The van der Waals surface area contributed by atoms with Crippen LogP contribution in [0.3, 0.4) is 0 Å². The fourth-order valence-corrected chi connectivity index (χ4v) is 8.16. The second-order valence-electron chi connectivity index (χ2n) is 14.3. The first-order valence-electron chi connectivity index (χ1n) is 19.4. The Labute approximate surface area is 361 Å². The number of aromatic amines is 2. The van der Waals surface area contributed by atoms with Crippen LogP contribution in [0.2, 0.25) is 0 Å². The predicted molar refractivity (Wildman–Crippen MR) is 248 cm³/mol. The number of methoxy groups -OCH3 is 6. The first kappa shape index (κ1) is 39.2. The number of nitrogens with zero attached hydrogens (tertiary/aromatic N) is 2. The predicted octanol–water partition coefficient (Wildman–Crippen LogP) is 12.1. The minimum absolute atomic E-state index is 0.643. The highest BCUT2D eigenvalue weighted by molar-refractivity contribution is 9.10. The largest absolute Gasteiger partial charge is 0.497 e. The summed E-state index contributed by atoms with van der Waals surface area (Å²) in [5, 5.41) is 0. The minimum Gasteiger partial charge on any atom is -0.497 e. The normalized spacial score (nSPS) is 11.7. The molecule has 0 unspecified atom stereocenters. The quantitative estimate of drug-likeness (QED) is 0.140. The number of nitrogens with one attached hydrogen (secondary N) is 2. The number of fused-ring (bicyclic) bond motifs is 8. The van der Waals surface area contributed by atoms with E-state index < -0.39 is 0 Å². The molecule has 11 heteroatoms. The van der Waals surface area contributed by atoms with Crippen molar-refractivity contribution in [3.63, 3.8) is 0 Å². The average Bonchev–Trinajstić information content (AvgIpc) is 4.15. The van der Waals surface area contributed by atoms with Crippen molar-refractivity contribution in [3.8, 4) is 79.0 Å². The van der Waals surface area contributed by atoms with Gasteiger partial charge in [0, 0.05) is 67.0 Å². The molecule has 61 heavy (non-hydrogen) atoms. The molecule has 10 nitrogen and oxygen atoms in total. The van der Waals surface area contributed by atoms with Gasteiger partial charge >= 0.3 is 0 Å².